The Kier molecular flexibility index (Phi) is 3.59. The third kappa shape index (κ3) is 3.19. The molecule has 0 aliphatic carbocycles. The highest BCUT2D eigenvalue weighted by molar-refractivity contribution is 5.89. The highest BCUT2D eigenvalue weighted by Gasteiger charge is 2.22. The predicted molar refractivity (Wildman–Crippen MR) is 65.2 cm³/mol. The second-order valence-corrected chi connectivity index (χ2v) is 4.90. The van der Waals surface area contributed by atoms with Crippen molar-refractivity contribution in [1.29, 1.82) is 0 Å². The summed E-state index contributed by atoms with van der Waals surface area (Å²) in [6, 6.07) is 2.34. The Bertz CT molecular complexity index is 502. The molecule has 1 aromatic carbocycles. The van der Waals surface area contributed by atoms with Gasteiger partial charge in [0.15, 0.2) is 0 Å². The summed E-state index contributed by atoms with van der Waals surface area (Å²) in [5, 5.41) is 19.8. The summed E-state index contributed by atoms with van der Waals surface area (Å²) in [5.41, 5.74) is -0.656. The van der Waals surface area contributed by atoms with Crippen molar-refractivity contribution in [1.82, 2.24) is 0 Å². The Morgan fingerprint density at radius 3 is 2.33 bits per heavy atom. The lowest BCUT2D eigenvalue weighted by atomic mass is 10.1. The number of rotatable bonds is 3. The Morgan fingerprint density at radius 1 is 1.39 bits per heavy atom. The largest absolute Gasteiger partial charge is 0.488 e. The first kappa shape index (κ1) is 14.0. The van der Waals surface area contributed by atoms with Gasteiger partial charge >= 0.3 is 5.97 Å². The molecule has 0 aliphatic heterocycles. The van der Waals surface area contributed by atoms with Crippen molar-refractivity contribution >= 4 is 11.7 Å². The summed E-state index contributed by atoms with van der Waals surface area (Å²) in [5.74, 6) is -1.01. The summed E-state index contributed by atoms with van der Waals surface area (Å²) < 4.78 is 5.55. The number of ether oxygens (including phenoxy) is 1. The van der Waals surface area contributed by atoms with Crippen LogP contribution in [0, 0.1) is 17.0 Å². The Hall–Kier alpha value is -2.11. The molecule has 0 bridgehead atoms. The Labute approximate surface area is 104 Å². The topological polar surface area (TPSA) is 89.7 Å². The minimum absolute atomic E-state index is 0.161. The minimum Gasteiger partial charge on any atom is -0.488 e. The van der Waals surface area contributed by atoms with Gasteiger partial charge in [0.25, 0.3) is 5.69 Å². The van der Waals surface area contributed by atoms with Gasteiger partial charge in [-0.15, -0.1) is 0 Å². The van der Waals surface area contributed by atoms with E-state index in [1.54, 1.807) is 20.8 Å². The van der Waals surface area contributed by atoms with Crippen LogP contribution in [-0.4, -0.2) is 21.6 Å². The van der Waals surface area contributed by atoms with Crippen LogP contribution in [0.1, 0.15) is 36.7 Å². The average molecular weight is 253 g/mol. The van der Waals surface area contributed by atoms with Crippen molar-refractivity contribution in [3.05, 3.63) is 33.4 Å². The van der Waals surface area contributed by atoms with Gasteiger partial charge in [0.2, 0.25) is 0 Å². The number of hydrogen-bond acceptors (Lipinski definition) is 4. The molecule has 1 aromatic rings. The van der Waals surface area contributed by atoms with Gasteiger partial charge in [0.1, 0.15) is 11.4 Å². The van der Waals surface area contributed by atoms with Gasteiger partial charge in [0.05, 0.1) is 16.1 Å². The molecule has 0 spiro atoms. The van der Waals surface area contributed by atoms with Gasteiger partial charge in [-0.3, -0.25) is 10.1 Å². The highest BCUT2D eigenvalue weighted by atomic mass is 16.6. The number of aromatic carboxylic acids is 1. The van der Waals surface area contributed by atoms with Gasteiger partial charge < -0.3 is 9.84 Å². The third-order valence-electron chi connectivity index (χ3n) is 2.19. The van der Waals surface area contributed by atoms with Gasteiger partial charge in [-0.2, -0.15) is 0 Å². The van der Waals surface area contributed by atoms with E-state index in [2.05, 4.69) is 0 Å². The number of nitrogens with zero attached hydrogens (tertiary/aromatic N) is 1. The maximum absolute atomic E-state index is 10.9. The maximum Gasteiger partial charge on any atom is 0.336 e. The van der Waals surface area contributed by atoms with Crippen LogP contribution in [0.5, 0.6) is 5.75 Å². The highest BCUT2D eigenvalue weighted by Crippen LogP contribution is 2.31. The summed E-state index contributed by atoms with van der Waals surface area (Å²) in [6.45, 7) is 6.88. The van der Waals surface area contributed by atoms with E-state index in [-0.39, 0.29) is 17.0 Å². The smallest absolute Gasteiger partial charge is 0.336 e. The van der Waals surface area contributed by atoms with Crippen LogP contribution in [0.3, 0.4) is 0 Å². The molecule has 0 saturated carbocycles. The van der Waals surface area contributed by atoms with Crippen LogP contribution in [0.2, 0.25) is 0 Å². The van der Waals surface area contributed by atoms with E-state index in [9.17, 15) is 14.9 Å². The van der Waals surface area contributed by atoms with E-state index in [0.29, 0.717) is 5.56 Å². The number of carboxylic acid groups (broad SMARTS) is 1. The van der Waals surface area contributed by atoms with E-state index in [1.165, 1.54) is 13.0 Å². The van der Waals surface area contributed by atoms with E-state index in [0.717, 1.165) is 6.07 Å². The van der Waals surface area contributed by atoms with Gasteiger partial charge in [-0.25, -0.2) is 4.79 Å². The van der Waals surface area contributed by atoms with Crippen LogP contribution in [-0.2, 0) is 0 Å². The maximum atomic E-state index is 10.9. The normalized spacial score (nSPS) is 11.1. The zero-order chi connectivity index (χ0) is 14.1. The standard InChI is InChI=1S/C12H15NO5/c1-7-9(13(16)17)5-8(11(14)15)6-10(7)18-12(2,3)4/h5-6H,1-4H3,(H,14,15). The fourth-order valence-corrected chi connectivity index (χ4v) is 1.42. The van der Waals surface area contributed by atoms with Crippen LogP contribution in [0.25, 0.3) is 0 Å². The Balaban J connectivity index is 3.40. The number of nitro benzene ring substituents is 1. The number of carboxylic acids is 1. The van der Waals surface area contributed by atoms with Crippen LogP contribution in [0.15, 0.2) is 12.1 Å². The molecule has 0 fully saturated rings. The number of nitro groups is 1. The van der Waals surface area contributed by atoms with E-state index in [1.807, 2.05) is 0 Å². The number of hydrogen-bond donors (Lipinski definition) is 1. The molecule has 18 heavy (non-hydrogen) atoms. The SMILES string of the molecule is Cc1c(OC(C)(C)C)cc(C(=O)O)cc1[N+](=O)[O-]. The zero-order valence-corrected chi connectivity index (χ0v) is 10.7. The van der Waals surface area contributed by atoms with E-state index >= 15 is 0 Å². The summed E-state index contributed by atoms with van der Waals surface area (Å²) in [6.07, 6.45) is 0. The third-order valence-corrected chi connectivity index (χ3v) is 2.19. The molecule has 0 aromatic heterocycles. The first-order chi connectivity index (χ1) is 8.11. The lowest BCUT2D eigenvalue weighted by Gasteiger charge is -2.22. The summed E-state index contributed by atoms with van der Waals surface area (Å²) in [4.78, 5) is 21.2. The lowest BCUT2D eigenvalue weighted by molar-refractivity contribution is -0.385. The molecule has 0 aliphatic rings. The van der Waals surface area contributed by atoms with Crippen molar-refractivity contribution < 1.29 is 19.6 Å². The molecule has 6 nitrogen and oxygen atoms in total. The van der Waals surface area contributed by atoms with Crippen LogP contribution < -0.4 is 4.74 Å². The molecular weight excluding hydrogens is 238 g/mol. The molecule has 1 N–H and O–H groups in total. The van der Waals surface area contributed by atoms with E-state index in [4.69, 9.17) is 9.84 Å². The predicted octanol–water partition coefficient (Wildman–Crippen LogP) is 2.78. The molecule has 0 radical (unpaired) electrons. The molecule has 1 rings (SSSR count). The first-order valence-corrected chi connectivity index (χ1v) is 5.33. The van der Waals surface area contributed by atoms with Crippen molar-refractivity contribution in [3.63, 3.8) is 0 Å². The second kappa shape index (κ2) is 4.64. The fourth-order valence-electron chi connectivity index (χ4n) is 1.42. The molecule has 6 heteroatoms. The quantitative estimate of drug-likeness (QED) is 0.660. The zero-order valence-electron chi connectivity index (χ0n) is 10.7. The van der Waals surface area contributed by atoms with Crippen molar-refractivity contribution in [2.75, 3.05) is 0 Å². The fraction of sp³-hybridized carbons (Fsp3) is 0.417. The number of benzene rings is 1. The van der Waals surface area contributed by atoms with Crippen LogP contribution in [0.4, 0.5) is 5.69 Å². The van der Waals surface area contributed by atoms with Gasteiger partial charge in [0, 0.05) is 6.07 Å². The molecule has 0 heterocycles. The van der Waals surface area contributed by atoms with E-state index < -0.39 is 16.5 Å². The molecule has 0 saturated heterocycles. The van der Waals surface area contributed by atoms with Crippen molar-refractivity contribution in [3.8, 4) is 5.75 Å². The molecule has 0 atom stereocenters. The second-order valence-electron chi connectivity index (χ2n) is 4.90. The monoisotopic (exact) mass is 253 g/mol. The van der Waals surface area contributed by atoms with Crippen molar-refractivity contribution in [2.45, 2.75) is 33.3 Å². The van der Waals surface area contributed by atoms with Gasteiger partial charge in [-0.05, 0) is 33.8 Å². The summed E-state index contributed by atoms with van der Waals surface area (Å²) in [7, 11) is 0. The van der Waals surface area contributed by atoms with Crippen LogP contribution >= 0.6 is 0 Å². The number of carbonyl (C=O) groups is 1. The minimum atomic E-state index is -1.23. The van der Waals surface area contributed by atoms with Gasteiger partial charge in [-0.1, -0.05) is 0 Å². The molecule has 98 valence electrons. The van der Waals surface area contributed by atoms with Crippen molar-refractivity contribution in [2.24, 2.45) is 0 Å². The lowest BCUT2D eigenvalue weighted by Crippen LogP contribution is -2.23. The summed E-state index contributed by atoms with van der Waals surface area (Å²) >= 11 is 0. The first-order valence-electron chi connectivity index (χ1n) is 5.33. The molecule has 0 unspecified atom stereocenters. The Morgan fingerprint density at radius 2 is 1.94 bits per heavy atom. The molecule has 0 amide bonds. The molecular formula is C12H15NO5. The average Bonchev–Trinajstić information content (AvgIpc) is 2.18.